The lowest BCUT2D eigenvalue weighted by Crippen LogP contribution is -2.57. The number of rotatable bonds is 14. The van der Waals surface area contributed by atoms with Crippen LogP contribution in [0.15, 0.2) is 46.8 Å². The molecule has 0 spiro atoms. The molecule has 226 valence electrons. The summed E-state index contributed by atoms with van der Waals surface area (Å²) in [4.78, 5) is 14.1. The van der Waals surface area contributed by atoms with Gasteiger partial charge in [0.05, 0.1) is 25.3 Å². The monoisotopic (exact) mass is 586 g/mol. The molecule has 0 aromatic rings. The van der Waals surface area contributed by atoms with Crippen LogP contribution in [0.25, 0.3) is 0 Å². The molecule has 9 heteroatoms. The number of hydrogen-bond donors (Lipinski definition) is 4. The molecule has 7 atom stereocenters. The third kappa shape index (κ3) is 10.4. The van der Waals surface area contributed by atoms with Gasteiger partial charge in [-0.1, -0.05) is 55.1 Å². The van der Waals surface area contributed by atoms with Crippen molar-refractivity contribution < 1.29 is 29.6 Å². The predicted molar refractivity (Wildman–Crippen MR) is 165 cm³/mol. The molecular formula is C32H46N2O6S. The number of thioether (sulfide) groups is 1. The van der Waals surface area contributed by atoms with Crippen LogP contribution >= 0.6 is 11.8 Å². The Bertz CT molecular complexity index is 1080. The van der Waals surface area contributed by atoms with Crippen LogP contribution in [0.4, 0.5) is 0 Å². The molecule has 2 aliphatic rings. The number of nitrogens with zero attached hydrogens (tertiary/aromatic N) is 1. The summed E-state index contributed by atoms with van der Waals surface area (Å²) in [6.07, 6.45) is 17.9. The Morgan fingerprint density at radius 2 is 1.98 bits per heavy atom. The summed E-state index contributed by atoms with van der Waals surface area (Å²) in [6.45, 7) is 8.09. The highest BCUT2D eigenvalue weighted by molar-refractivity contribution is 7.99. The Hall–Kier alpha value is -2.50. The number of aliphatic hydroxyl groups excluding tert-OH is 3. The van der Waals surface area contributed by atoms with Crippen molar-refractivity contribution >= 4 is 17.7 Å². The summed E-state index contributed by atoms with van der Waals surface area (Å²) in [7, 11) is 1.91. The van der Waals surface area contributed by atoms with Crippen LogP contribution in [0.1, 0.15) is 40.0 Å². The molecule has 1 aliphatic heterocycles. The van der Waals surface area contributed by atoms with Gasteiger partial charge in [-0.3, -0.25) is 9.69 Å². The highest BCUT2D eigenvalue weighted by Crippen LogP contribution is 2.38. The van der Waals surface area contributed by atoms with Crippen molar-refractivity contribution in [3.8, 4) is 24.7 Å². The first-order chi connectivity index (χ1) is 19.6. The number of likely N-dealkylation sites (N-methyl/N-ethyl adjacent to an activating group) is 1. The maximum atomic E-state index is 12.1. The normalized spacial score (nSPS) is 28.8. The number of carbonyl (C=O) groups excluding carboxylic acids is 1. The number of amides is 1. The largest absolute Gasteiger partial charge is 0.497 e. The third-order valence-corrected chi connectivity index (χ3v) is 8.08. The van der Waals surface area contributed by atoms with Crippen LogP contribution in [0.3, 0.4) is 0 Å². The molecule has 1 aliphatic carbocycles. The fraction of sp³-hybridized carbons (Fsp3) is 0.594. The molecule has 0 radical (unpaired) electrons. The van der Waals surface area contributed by atoms with Crippen molar-refractivity contribution in [1.29, 1.82) is 0 Å². The van der Waals surface area contributed by atoms with Crippen LogP contribution in [-0.2, 0) is 14.3 Å². The minimum Gasteiger partial charge on any atom is -0.497 e. The maximum absolute atomic E-state index is 12.1. The van der Waals surface area contributed by atoms with Crippen molar-refractivity contribution in [2.24, 2.45) is 11.8 Å². The van der Waals surface area contributed by atoms with E-state index < -0.39 is 29.9 Å². The van der Waals surface area contributed by atoms with Gasteiger partial charge in [-0.25, -0.2) is 0 Å². The lowest BCUT2D eigenvalue weighted by molar-refractivity contribution is -0.186. The molecule has 0 saturated carbocycles. The standard InChI is InChI=1S/C32H46N2O6S/c1-8-15-34(6)16-14-33-27(35)13-17-39-25(9-2)12-11-21(4)18-23-20-24(19-22(5)26(23)10-3)31-29(37)28(36)30(38)32(40-31)41-7/h1,3,11-12,19-20,22,26,28-32,36-38H,9,13-18H2,2,4-7H3,(H,33,35)/b21-11+,25-12+/t22?,26-,28+,29+,30-,31-,32+/m0/s1. The van der Waals surface area contributed by atoms with Crippen LogP contribution < -0.4 is 5.32 Å². The number of allylic oxidation sites excluding steroid dienone is 6. The highest BCUT2D eigenvalue weighted by Gasteiger charge is 2.45. The van der Waals surface area contributed by atoms with Gasteiger partial charge in [-0.2, -0.15) is 0 Å². The molecule has 1 heterocycles. The van der Waals surface area contributed by atoms with E-state index in [9.17, 15) is 20.1 Å². The Morgan fingerprint density at radius 3 is 2.61 bits per heavy atom. The van der Waals surface area contributed by atoms with Gasteiger partial charge in [-0.05, 0) is 44.2 Å². The van der Waals surface area contributed by atoms with Gasteiger partial charge in [-0.15, -0.1) is 24.6 Å². The van der Waals surface area contributed by atoms with E-state index in [1.54, 1.807) is 6.26 Å². The Kier molecular flexibility index (Phi) is 14.8. The summed E-state index contributed by atoms with van der Waals surface area (Å²) >= 11 is 1.29. The molecule has 0 aromatic heterocycles. The van der Waals surface area contributed by atoms with E-state index in [2.05, 4.69) is 17.2 Å². The number of terminal acetylenes is 2. The van der Waals surface area contributed by atoms with Crippen LogP contribution in [0, 0.1) is 36.5 Å². The van der Waals surface area contributed by atoms with Crippen molar-refractivity contribution in [2.45, 2.75) is 69.9 Å². The molecule has 41 heavy (non-hydrogen) atoms. The van der Waals surface area contributed by atoms with Crippen molar-refractivity contribution in [3.63, 3.8) is 0 Å². The zero-order chi connectivity index (χ0) is 30.5. The average Bonchev–Trinajstić information content (AvgIpc) is 2.93. The number of ether oxygens (including phenoxy) is 2. The Balaban J connectivity index is 2.02. The van der Waals surface area contributed by atoms with E-state index in [1.165, 1.54) is 11.8 Å². The van der Waals surface area contributed by atoms with E-state index >= 15 is 0 Å². The molecule has 1 amide bonds. The minimum absolute atomic E-state index is 0.00396. The number of carbonyl (C=O) groups is 1. The zero-order valence-corrected chi connectivity index (χ0v) is 25.7. The molecule has 1 saturated heterocycles. The number of hydrogen-bond acceptors (Lipinski definition) is 8. The molecular weight excluding hydrogens is 540 g/mol. The average molecular weight is 587 g/mol. The molecule has 0 aromatic carbocycles. The van der Waals surface area contributed by atoms with Gasteiger partial charge in [0.15, 0.2) is 0 Å². The smallest absolute Gasteiger partial charge is 0.223 e. The maximum Gasteiger partial charge on any atom is 0.223 e. The van der Waals surface area contributed by atoms with Crippen LogP contribution in [0.2, 0.25) is 0 Å². The molecule has 0 bridgehead atoms. The van der Waals surface area contributed by atoms with Crippen molar-refractivity contribution in [1.82, 2.24) is 10.2 Å². The fourth-order valence-electron chi connectivity index (χ4n) is 4.87. The van der Waals surface area contributed by atoms with Crippen LogP contribution in [0.5, 0.6) is 0 Å². The highest BCUT2D eigenvalue weighted by atomic mass is 32.2. The molecule has 1 unspecified atom stereocenters. The zero-order valence-electron chi connectivity index (χ0n) is 24.9. The van der Waals surface area contributed by atoms with E-state index in [1.807, 2.05) is 57.0 Å². The lowest BCUT2D eigenvalue weighted by atomic mass is 9.77. The van der Waals surface area contributed by atoms with E-state index in [0.717, 1.165) is 22.5 Å². The molecule has 1 fully saturated rings. The first-order valence-corrected chi connectivity index (χ1v) is 15.3. The third-order valence-electron chi connectivity index (χ3n) is 7.22. The SMILES string of the molecule is C#CCN(C)CCNC(=O)CCO/C(=C/C=C(\C)CC1=CC([C@@H]2O[C@H](SC)[C@@H](O)[C@H](O)[C@H]2O)=CC(C)[C@@H]1C#C)CC. The first kappa shape index (κ1) is 34.7. The summed E-state index contributed by atoms with van der Waals surface area (Å²) in [6, 6.07) is 0. The second-order valence-electron chi connectivity index (χ2n) is 10.6. The topological polar surface area (TPSA) is 111 Å². The van der Waals surface area contributed by atoms with Crippen LogP contribution in [-0.4, -0.2) is 95.5 Å². The summed E-state index contributed by atoms with van der Waals surface area (Å²) in [5.41, 5.74) is 2.18. The second kappa shape index (κ2) is 17.5. The quantitative estimate of drug-likeness (QED) is 0.140. The summed E-state index contributed by atoms with van der Waals surface area (Å²) < 4.78 is 11.8. The van der Waals surface area contributed by atoms with E-state index in [0.29, 0.717) is 32.5 Å². The fourth-order valence-corrected chi connectivity index (χ4v) is 5.54. The Labute approximate surface area is 249 Å². The second-order valence-corrected chi connectivity index (χ2v) is 11.5. The van der Waals surface area contributed by atoms with Gasteiger partial charge in [0.2, 0.25) is 5.91 Å². The molecule has 2 rings (SSSR count). The van der Waals surface area contributed by atoms with Crippen molar-refractivity contribution in [3.05, 3.63) is 46.8 Å². The van der Waals surface area contributed by atoms with E-state index in [4.69, 9.17) is 22.3 Å². The van der Waals surface area contributed by atoms with Gasteiger partial charge in [0.25, 0.3) is 0 Å². The molecule has 4 N–H and O–H groups in total. The van der Waals surface area contributed by atoms with Gasteiger partial charge >= 0.3 is 0 Å². The summed E-state index contributed by atoms with van der Waals surface area (Å²) in [5, 5.41) is 34.2. The van der Waals surface area contributed by atoms with Gasteiger partial charge in [0, 0.05) is 25.4 Å². The lowest BCUT2D eigenvalue weighted by Gasteiger charge is -2.41. The minimum atomic E-state index is -1.31. The number of aliphatic hydroxyl groups is 3. The van der Waals surface area contributed by atoms with Gasteiger partial charge < -0.3 is 30.1 Å². The Morgan fingerprint density at radius 1 is 1.24 bits per heavy atom. The molecule has 8 nitrogen and oxygen atoms in total. The van der Waals surface area contributed by atoms with Gasteiger partial charge in [0.1, 0.15) is 29.9 Å². The number of nitrogens with one attached hydrogen (secondary N) is 1. The predicted octanol–water partition coefficient (Wildman–Crippen LogP) is 2.63. The van der Waals surface area contributed by atoms with Crippen molar-refractivity contribution in [2.75, 3.05) is 39.5 Å². The first-order valence-electron chi connectivity index (χ1n) is 14.0. The van der Waals surface area contributed by atoms with E-state index in [-0.39, 0.29) is 30.8 Å². The summed E-state index contributed by atoms with van der Waals surface area (Å²) in [5.74, 6) is 6.06.